The van der Waals surface area contributed by atoms with Crippen LogP contribution in [0.4, 0.5) is 10.8 Å². The predicted octanol–water partition coefficient (Wildman–Crippen LogP) is 5.62. The molecule has 1 aliphatic rings. The second-order valence-electron chi connectivity index (χ2n) is 8.20. The third-order valence-electron chi connectivity index (χ3n) is 6.36. The van der Waals surface area contributed by atoms with Crippen LogP contribution in [-0.2, 0) is 5.41 Å². The minimum atomic E-state index is -0.155. The lowest BCUT2D eigenvalue weighted by Gasteiger charge is -2.42. The molecule has 1 aliphatic heterocycles. The van der Waals surface area contributed by atoms with Gasteiger partial charge in [-0.3, -0.25) is 5.10 Å². The molecule has 148 valence electrons. The fourth-order valence-electron chi connectivity index (χ4n) is 4.93. The Morgan fingerprint density at radius 2 is 1.97 bits per heavy atom. The lowest BCUT2D eigenvalue weighted by molar-refractivity contribution is 0.463. The fourth-order valence-corrected chi connectivity index (χ4v) is 5.71. The average molecular weight is 412 g/mol. The molecular weight excluding hydrogens is 390 g/mol. The van der Waals surface area contributed by atoms with E-state index in [2.05, 4.69) is 88.1 Å². The molecule has 6 heteroatoms. The monoisotopic (exact) mass is 411 g/mol. The largest absolute Gasteiger partial charge is 0.378 e. The zero-order valence-corrected chi connectivity index (χ0v) is 17.3. The van der Waals surface area contributed by atoms with E-state index in [0.29, 0.717) is 5.13 Å². The van der Waals surface area contributed by atoms with Gasteiger partial charge in [0.2, 0.25) is 0 Å². The van der Waals surface area contributed by atoms with Gasteiger partial charge in [0.15, 0.2) is 5.13 Å². The highest BCUT2D eigenvalue weighted by Crippen LogP contribution is 2.50. The Labute approximate surface area is 178 Å². The van der Waals surface area contributed by atoms with Gasteiger partial charge in [-0.2, -0.15) is 5.10 Å². The summed E-state index contributed by atoms with van der Waals surface area (Å²) in [7, 11) is 0. The molecule has 0 fully saturated rings. The van der Waals surface area contributed by atoms with Crippen molar-refractivity contribution in [1.29, 1.82) is 0 Å². The summed E-state index contributed by atoms with van der Waals surface area (Å²) in [5, 5.41) is 13.0. The van der Waals surface area contributed by atoms with E-state index in [1.54, 1.807) is 11.3 Å². The van der Waals surface area contributed by atoms with Gasteiger partial charge in [0.25, 0.3) is 0 Å². The van der Waals surface area contributed by atoms with Gasteiger partial charge in [-0.15, -0.1) is 0 Å². The first-order valence-corrected chi connectivity index (χ1v) is 10.9. The Kier molecular flexibility index (Phi) is 3.67. The molecule has 0 bridgehead atoms. The SMILES string of the molecule is C[C@]1(c2ccccc2)C[C@H](c2ccc3nc(N)sc3c2)Nc2ccc3[nH]ncc3c21. The van der Waals surface area contributed by atoms with Crippen molar-refractivity contribution < 1.29 is 0 Å². The molecule has 0 aliphatic carbocycles. The lowest BCUT2D eigenvalue weighted by atomic mass is 9.67. The molecule has 0 unspecified atom stereocenters. The second-order valence-corrected chi connectivity index (χ2v) is 9.26. The molecule has 4 N–H and O–H groups in total. The third-order valence-corrected chi connectivity index (χ3v) is 7.21. The minimum absolute atomic E-state index is 0.155. The number of nitrogens with one attached hydrogen (secondary N) is 2. The van der Waals surface area contributed by atoms with Crippen molar-refractivity contribution in [2.75, 3.05) is 11.1 Å². The van der Waals surface area contributed by atoms with Gasteiger partial charge in [-0.05, 0) is 47.4 Å². The van der Waals surface area contributed by atoms with Crippen molar-refractivity contribution in [3.8, 4) is 0 Å². The number of hydrogen-bond acceptors (Lipinski definition) is 5. The van der Waals surface area contributed by atoms with E-state index in [9.17, 15) is 0 Å². The number of aromatic nitrogens is 3. The van der Waals surface area contributed by atoms with E-state index < -0.39 is 0 Å². The van der Waals surface area contributed by atoms with Gasteiger partial charge in [-0.25, -0.2) is 4.98 Å². The number of fused-ring (bicyclic) bond motifs is 4. The van der Waals surface area contributed by atoms with Gasteiger partial charge in [0.05, 0.1) is 28.0 Å². The fraction of sp³-hybridized carbons (Fsp3) is 0.167. The standard InChI is InChI=1S/C24H21N5S/c1-24(15-5-3-2-4-6-15)12-20(14-7-8-18-21(11-14)30-23(25)28-18)27-19-10-9-17-16(22(19)24)13-26-29-17/h2-11,13,20,27H,12H2,1H3,(H2,25,28)(H,26,29)/t20-,24-/m1/s1. The first-order chi connectivity index (χ1) is 14.6. The van der Waals surface area contributed by atoms with Crippen molar-refractivity contribution in [2.24, 2.45) is 0 Å². The maximum absolute atomic E-state index is 5.93. The molecule has 3 heterocycles. The molecular formula is C24H21N5S. The summed E-state index contributed by atoms with van der Waals surface area (Å²) in [6.07, 6.45) is 2.89. The summed E-state index contributed by atoms with van der Waals surface area (Å²) in [5.74, 6) is 0. The van der Waals surface area contributed by atoms with Gasteiger partial charge >= 0.3 is 0 Å². The van der Waals surface area contributed by atoms with E-state index >= 15 is 0 Å². The van der Waals surface area contributed by atoms with Crippen LogP contribution in [0.5, 0.6) is 0 Å². The van der Waals surface area contributed by atoms with Gasteiger partial charge in [-0.1, -0.05) is 54.7 Å². The number of thiazole rings is 1. The van der Waals surface area contributed by atoms with Crippen molar-refractivity contribution in [3.05, 3.63) is 83.6 Å². The highest BCUT2D eigenvalue weighted by atomic mass is 32.1. The molecule has 30 heavy (non-hydrogen) atoms. The number of nitrogens with two attached hydrogens (primary N) is 1. The van der Waals surface area contributed by atoms with Crippen LogP contribution in [0.15, 0.2) is 66.9 Å². The number of rotatable bonds is 2. The Morgan fingerprint density at radius 1 is 1.10 bits per heavy atom. The summed E-state index contributed by atoms with van der Waals surface area (Å²) < 4.78 is 1.13. The molecule has 3 aromatic carbocycles. The van der Waals surface area contributed by atoms with E-state index in [4.69, 9.17) is 5.73 Å². The number of benzene rings is 3. The molecule has 0 radical (unpaired) electrons. The first-order valence-electron chi connectivity index (χ1n) is 10.1. The highest BCUT2D eigenvalue weighted by molar-refractivity contribution is 7.22. The van der Waals surface area contributed by atoms with Crippen LogP contribution in [-0.4, -0.2) is 15.2 Å². The van der Waals surface area contributed by atoms with E-state index in [1.165, 1.54) is 22.1 Å². The molecule has 5 nitrogen and oxygen atoms in total. The van der Waals surface area contributed by atoms with Gasteiger partial charge in [0.1, 0.15) is 0 Å². The third kappa shape index (κ3) is 2.53. The summed E-state index contributed by atoms with van der Waals surface area (Å²) >= 11 is 1.54. The Hall–Kier alpha value is -3.38. The Morgan fingerprint density at radius 3 is 2.83 bits per heavy atom. The number of H-pyrrole nitrogens is 1. The molecule has 0 saturated carbocycles. The number of hydrogen-bond donors (Lipinski definition) is 3. The average Bonchev–Trinajstić information content (AvgIpc) is 3.38. The summed E-state index contributed by atoms with van der Waals surface area (Å²) in [4.78, 5) is 4.41. The predicted molar refractivity (Wildman–Crippen MR) is 124 cm³/mol. The molecule has 0 spiro atoms. The van der Waals surface area contributed by atoms with Crippen LogP contribution in [0.2, 0.25) is 0 Å². The van der Waals surface area contributed by atoms with Crippen LogP contribution >= 0.6 is 11.3 Å². The summed E-state index contributed by atoms with van der Waals surface area (Å²) in [6.45, 7) is 2.35. The molecule has 0 amide bonds. The van der Waals surface area contributed by atoms with Crippen LogP contribution in [0.1, 0.15) is 36.1 Å². The van der Waals surface area contributed by atoms with Crippen LogP contribution in [0, 0.1) is 0 Å². The zero-order chi connectivity index (χ0) is 20.3. The van der Waals surface area contributed by atoms with Crippen molar-refractivity contribution in [1.82, 2.24) is 15.2 Å². The first kappa shape index (κ1) is 17.5. The molecule has 6 rings (SSSR count). The maximum atomic E-state index is 5.93. The van der Waals surface area contributed by atoms with E-state index in [1.807, 2.05) is 6.20 Å². The number of nitrogens with zero attached hydrogens (tertiary/aromatic N) is 2. The number of anilines is 2. The van der Waals surface area contributed by atoms with Crippen molar-refractivity contribution in [2.45, 2.75) is 24.8 Å². The number of nitrogen functional groups attached to an aromatic ring is 1. The molecule has 2 atom stereocenters. The van der Waals surface area contributed by atoms with E-state index in [0.717, 1.165) is 27.8 Å². The Balaban J connectivity index is 1.55. The quantitative estimate of drug-likeness (QED) is 0.352. The normalized spacial score (nSPS) is 20.9. The van der Waals surface area contributed by atoms with E-state index in [-0.39, 0.29) is 11.5 Å². The lowest BCUT2D eigenvalue weighted by Crippen LogP contribution is -2.34. The van der Waals surface area contributed by atoms with Crippen LogP contribution in [0.3, 0.4) is 0 Å². The molecule has 2 aromatic heterocycles. The smallest absolute Gasteiger partial charge is 0.181 e. The number of aromatic amines is 1. The zero-order valence-electron chi connectivity index (χ0n) is 16.5. The molecule has 0 saturated heterocycles. The van der Waals surface area contributed by atoms with Crippen LogP contribution < -0.4 is 11.1 Å². The topological polar surface area (TPSA) is 79.6 Å². The van der Waals surface area contributed by atoms with Gasteiger partial charge < -0.3 is 11.1 Å². The molecule has 5 aromatic rings. The maximum Gasteiger partial charge on any atom is 0.181 e. The summed E-state index contributed by atoms with van der Waals surface area (Å²) in [6, 6.07) is 21.7. The highest BCUT2D eigenvalue weighted by Gasteiger charge is 2.40. The minimum Gasteiger partial charge on any atom is -0.378 e. The summed E-state index contributed by atoms with van der Waals surface area (Å²) in [5.41, 5.74) is 12.8. The van der Waals surface area contributed by atoms with Crippen molar-refractivity contribution >= 4 is 43.3 Å². The van der Waals surface area contributed by atoms with Crippen molar-refractivity contribution in [3.63, 3.8) is 0 Å². The Bertz CT molecular complexity index is 1390. The van der Waals surface area contributed by atoms with Crippen LogP contribution in [0.25, 0.3) is 21.1 Å². The van der Waals surface area contributed by atoms with Gasteiger partial charge in [0, 0.05) is 16.5 Å². The second kappa shape index (κ2) is 6.31.